The first-order chi connectivity index (χ1) is 16.0. The van der Waals surface area contributed by atoms with E-state index in [1.165, 1.54) is 12.1 Å². The highest BCUT2D eigenvalue weighted by atomic mass is 35.5. The Bertz CT molecular complexity index is 1170. The molecule has 1 aromatic heterocycles. The van der Waals surface area contributed by atoms with Crippen LogP contribution in [0.25, 0.3) is 17.0 Å². The molecule has 1 aliphatic rings. The molecule has 1 aliphatic heterocycles. The molecule has 2 aromatic carbocycles. The average Bonchev–Trinajstić information content (AvgIpc) is 3.28. The number of halogens is 2. The molecule has 0 radical (unpaired) electrons. The molecule has 1 N–H and O–H groups in total. The second kappa shape index (κ2) is 10.4. The van der Waals surface area contributed by atoms with Gasteiger partial charge in [0, 0.05) is 36.0 Å². The number of aromatic nitrogens is 2. The van der Waals surface area contributed by atoms with Crippen molar-refractivity contribution in [3.63, 3.8) is 0 Å². The molecule has 6 nitrogen and oxygen atoms in total. The maximum atomic E-state index is 13.7. The first-order valence-corrected chi connectivity index (χ1v) is 11.5. The van der Waals surface area contributed by atoms with Crippen LogP contribution in [0.2, 0.25) is 5.02 Å². The Morgan fingerprint density at radius 1 is 1.24 bits per heavy atom. The standard InChI is InChI=1S/C24H24ClFN4O2S/c1-3-31-13-5-12-30-15(2)20(21(27-24(30)33)16-8-10-18(25)11-9-16)23-28-22(29-32-23)17-6-4-7-19(26)14-17/h4,6-11,14,21H,3,5,12-13H2,1-2H3,(H,27,33). The molecule has 3 aromatic rings. The van der Waals surface area contributed by atoms with Gasteiger partial charge in [-0.2, -0.15) is 4.98 Å². The third kappa shape index (κ3) is 5.24. The fraction of sp³-hybridized carbons (Fsp3) is 0.292. The normalized spacial score (nSPS) is 16.3. The minimum Gasteiger partial charge on any atom is -0.382 e. The first-order valence-electron chi connectivity index (χ1n) is 10.7. The molecule has 1 unspecified atom stereocenters. The minimum atomic E-state index is -0.363. The van der Waals surface area contributed by atoms with E-state index in [0.717, 1.165) is 23.3 Å². The molecule has 172 valence electrons. The van der Waals surface area contributed by atoms with Crippen molar-refractivity contribution in [3.05, 3.63) is 76.5 Å². The van der Waals surface area contributed by atoms with E-state index in [4.69, 9.17) is 33.1 Å². The molecule has 0 spiro atoms. The zero-order chi connectivity index (χ0) is 23.4. The van der Waals surface area contributed by atoms with Crippen molar-refractivity contribution in [1.82, 2.24) is 20.4 Å². The first kappa shape index (κ1) is 23.4. The Kier molecular flexibility index (Phi) is 7.37. The van der Waals surface area contributed by atoms with Crippen LogP contribution in [0.3, 0.4) is 0 Å². The van der Waals surface area contributed by atoms with E-state index in [2.05, 4.69) is 15.5 Å². The molecule has 0 amide bonds. The third-order valence-electron chi connectivity index (χ3n) is 5.41. The lowest BCUT2D eigenvalue weighted by Crippen LogP contribution is -2.46. The second-order valence-corrected chi connectivity index (χ2v) is 8.39. The molecule has 9 heteroatoms. The lowest BCUT2D eigenvalue weighted by atomic mass is 9.95. The highest BCUT2D eigenvalue weighted by molar-refractivity contribution is 7.80. The predicted octanol–water partition coefficient (Wildman–Crippen LogP) is 5.62. The van der Waals surface area contributed by atoms with E-state index >= 15 is 0 Å². The van der Waals surface area contributed by atoms with Gasteiger partial charge >= 0.3 is 0 Å². The summed E-state index contributed by atoms with van der Waals surface area (Å²) in [5, 5.41) is 8.76. The Hall–Kier alpha value is -2.81. The van der Waals surface area contributed by atoms with Crippen molar-refractivity contribution in [2.75, 3.05) is 19.8 Å². The van der Waals surface area contributed by atoms with E-state index < -0.39 is 0 Å². The van der Waals surface area contributed by atoms with E-state index in [9.17, 15) is 4.39 Å². The summed E-state index contributed by atoms with van der Waals surface area (Å²) < 4.78 is 24.9. The Balaban J connectivity index is 1.74. The molecule has 2 heterocycles. The number of allylic oxidation sites excluding steroid dienone is 1. The fourth-order valence-corrected chi connectivity index (χ4v) is 4.25. The Morgan fingerprint density at radius 2 is 2.03 bits per heavy atom. The lowest BCUT2D eigenvalue weighted by molar-refractivity contribution is 0.141. The van der Waals surface area contributed by atoms with Crippen LogP contribution < -0.4 is 5.32 Å². The van der Waals surface area contributed by atoms with Crippen LogP contribution in [0.4, 0.5) is 4.39 Å². The molecule has 33 heavy (non-hydrogen) atoms. The average molecular weight is 487 g/mol. The summed E-state index contributed by atoms with van der Waals surface area (Å²) in [6.07, 6.45) is 0.810. The maximum Gasteiger partial charge on any atom is 0.258 e. The number of nitrogens with one attached hydrogen (secondary N) is 1. The van der Waals surface area contributed by atoms with Crippen molar-refractivity contribution < 1.29 is 13.7 Å². The monoisotopic (exact) mass is 486 g/mol. The van der Waals surface area contributed by atoms with Crippen molar-refractivity contribution in [3.8, 4) is 11.4 Å². The second-order valence-electron chi connectivity index (χ2n) is 7.57. The van der Waals surface area contributed by atoms with Crippen molar-refractivity contribution in [1.29, 1.82) is 0 Å². The van der Waals surface area contributed by atoms with Crippen LogP contribution in [-0.2, 0) is 4.74 Å². The summed E-state index contributed by atoms with van der Waals surface area (Å²) in [6.45, 7) is 5.95. The van der Waals surface area contributed by atoms with Crippen LogP contribution in [-0.4, -0.2) is 39.9 Å². The number of hydrogen-bond acceptors (Lipinski definition) is 5. The van der Waals surface area contributed by atoms with Gasteiger partial charge in [0.2, 0.25) is 5.82 Å². The summed E-state index contributed by atoms with van der Waals surface area (Å²) in [7, 11) is 0. The smallest absolute Gasteiger partial charge is 0.258 e. The zero-order valence-corrected chi connectivity index (χ0v) is 19.9. The van der Waals surface area contributed by atoms with Crippen molar-refractivity contribution in [2.45, 2.75) is 26.3 Å². The van der Waals surface area contributed by atoms with E-state index in [-0.39, 0.29) is 11.9 Å². The molecule has 0 bridgehead atoms. The summed E-state index contributed by atoms with van der Waals surface area (Å²) in [6, 6.07) is 13.3. The Labute approximate surface area is 202 Å². The predicted molar refractivity (Wildman–Crippen MR) is 130 cm³/mol. The highest BCUT2D eigenvalue weighted by Gasteiger charge is 2.33. The van der Waals surface area contributed by atoms with Gasteiger partial charge in [0.25, 0.3) is 5.89 Å². The van der Waals surface area contributed by atoms with Gasteiger partial charge < -0.3 is 19.5 Å². The SMILES string of the molecule is CCOCCCN1C(=S)NC(c2ccc(Cl)cc2)C(c2nc(-c3cccc(F)c3)no2)=C1C. The molecule has 1 atom stereocenters. The van der Waals surface area contributed by atoms with E-state index in [0.29, 0.717) is 47.2 Å². The lowest BCUT2D eigenvalue weighted by Gasteiger charge is -2.37. The van der Waals surface area contributed by atoms with Crippen LogP contribution in [0.15, 0.2) is 58.8 Å². The number of thiocarbonyl (C=S) groups is 1. The van der Waals surface area contributed by atoms with Gasteiger partial charge in [0.05, 0.1) is 11.6 Å². The minimum absolute atomic E-state index is 0.307. The van der Waals surface area contributed by atoms with Gasteiger partial charge in [0.15, 0.2) is 5.11 Å². The van der Waals surface area contributed by atoms with Gasteiger partial charge in [0.1, 0.15) is 5.82 Å². The molecule has 0 aliphatic carbocycles. The van der Waals surface area contributed by atoms with Crippen LogP contribution in [0.5, 0.6) is 0 Å². The number of benzene rings is 2. The molecule has 4 rings (SSSR count). The van der Waals surface area contributed by atoms with E-state index in [1.54, 1.807) is 12.1 Å². The van der Waals surface area contributed by atoms with Gasteiger partial charge in [-0.15, -0.1) is 0 Å². The summed E-state index contributed by atoms with van der Waals surface area (Å²) >= 11 is 11.8. The van der Waals surface area contributed by atoms with E-state index in [1.807, 2.05) is 43.0 Å². The number of hydrogen-bond donors (Lipinski definition) is 1. The topological polar surface area (TPSA) is 63.4 Å². The van der Waals surface area contributed by atoms with Gasteiger partial charge in [-0.1, -0.05) is 41.0 Å². The van der Waals surface area contributed by atoms with Gasteiger partial charge in [-0.3, -0.25) is 0 Å². The summed E-state index contributed by atoms with van der Waals surface area (Å²) in [5.74, 6) is 0.297. The quantitative estimate of drug-likeness (QED) is 0.327. The van der Waals surface area contributed by atoms with Crippen molar-refractivity contribution in [2.24, 2.45) is 0 Å². The molecular weight excluding hydrogens is 463 g/mol. The number of nitrogens with zero attached hydrogens (tertiary/aromatic N) is 3. The largest absolute Gasteiger partial charge is 0.382 e. The van der Waals surface area contributed by atoms with Crippen LogP contribution in [0.1, 0.15) is 37.8 Å². The Morgan fingerprint density at radius 3 is 2.76 bits per heavy atom. The summed E-state index contributed by atoms with van der Waals surface area (Å²) in [5.41, 5.74) is 3.21. The van der Waals surface area contributed by atoms with Crippen LogP contribution >= 0.6 is 23.8 Å². The van der Waals surface area contributed by atoms with Crippen LogP contribution in [0, 0.1) is 5.82 Å². The zero-order valence-electron chi connectivity index (χ0n) is 18.3. The maximum absolute atomic E-state index is 13.7. The number of rotatable bonds is 8. The number of ether oxygens (including phenoxy) is 1. The third-order valence-corrected chi connectivity index (χ3v) is 6.00. The van der Waals surface area contributed by atoms with Crippen molar-refractivity contribution >= 4 is 34.5 Å². The molecule has 0 fully saturated rings. The fourth-order valence-electron chi connectivity index (χ4n) is 3.78. The highest BCUT2D eigenvalue weighted by Crippen LogP contribution is 2.37. The summed E-state index contributed by atoms with van der Waals surface area (Å²) in [4.78, 5) is 6.61. The molecular formula is C24H24ClFN4O2S. The van der Waals surface area contributed by atoms with Gasteiger partial charge in [-0.25, -0.2) is 4.39 Å². The molecule has 0 saturated heterocycles. The molecule has 0 saturated carbocycles. The van der Waals surface area contributed by atoms with Gasteiger partial charge in [-0.05, 0) is 62.3 Å².